The monoisotopic (exact) mass is 416 g/mol. The molecule has 1 aliphatic rings. The largest absolute Gasteiger partial charge is 0.308 e. The Bertz CT molecular complexity index is 1050. The van der Waals surface area contributed by atoms with Gasteiger partial charge in [-0.3, -0.25) is 9.69 Å². The Balaban J connectivity index is 1.57. The van der Waals surface area contributed by atoms with Crippen LogP contribution in [0.4, 0.5) is 13.9 Å². The normalized spacial score (nSPS) is 16.9. The zero-order valence-corrected chi connectivity index (χ0v) is 17.1. The summed E-state index contributed by atoms with van der Waals surface area (Å²) in [7, 11) is 4.05. The van der Waals surface area contributed by atoms with Gasteiger partial charge in [-0.2, -0.15) is 0 Å². The molecule has 0 radical (unpaired) electrons. The number of likely N-dealkylation sites (N-methyl/N-ethyl adjacent to an activating group) is 1. The number of aromatic nitrogens is 1. The maximum absolute atomic E-state index is 13.9. The molecule has 0 saturated carbocycles. The molecule has 5 nitrogen and oxygen atoms in total. The average molecular weight is 416 g/mol. The van der Waals surface area contributed by atoms with E-state index in [1.165, 1.54) is 6.07 Å². The Labute approximate surface area is 172 Å². The molecule has 8 heteroatoms. The van der Waals surface area contributed by atoms with Crippen molar-refractivity contribution in [2.24, 2.45) is 0 Å². The number of nitrogens with one attached hydrogen (secondary N) is 1. The highest BCUT2D eigenvalue weighted by Gasteiger charge is 2.30. The Morgan fingerprint density at radius 2 is 2.10 bits per heavy atom. The van der Waals surface area contributed by atoms with E-state index < -0.39 is 11.6 Å². The molecule has 4 rings (SSSR count). The van der Waals surface area contributed by atoms with E-state index in [1.54, 1.807) is 0 Å². The molecular weight excluding hydrogens is 394 g/mol. The number of amides is 1. The van der Waals surface area contributed by atoms with E-state index in [0.717, 1.165) is 48.2 Å². The van der Waals surface area contributed by atoms with E-state index in [2.05, 4.69) is 20.1 Å². The number of rotatable bonds is 5. The van der Waals surface area contributed by atoms with Gasteiger partial charge in [-0.15, -0.1) is 0 Å². The summed E-state index contributed by atoms with van der Waals surface area (Å²) in [5, 5.41) is 3.09. The van der Waals surface area contributed by atoms with Crippen LogP contribution in [0.2, 0.25) is 0 Å². The minimum Gasteiger partial charge on any atom is -0.308 e. The predicted octanol–water partition coefficient (Wildman–Crippen LogP) is 3.67. The summed E-state index contributed by atoms with van der Waals surface area (Å²) >= 11 is 1.07. The molecule has 2 heterocycles. The number of hydrogen-bond donors (Lipinski definition) is 1. The lowest BCUT2D eigenvalue weighted by Gasteiger charge is -2.34. The first-order valence-corrected chi connectivity index (χ1v) is 10.2. The minimum absolute atomic E-state index is 0.0725. The molecule has 1 aliphatic heterocycles. The zero-order valence-electron chi connectivity index (χ0n) is 16.3. The Hall–Kier alpha value is -2.42. The van der Waals surface area contributed by atoms with Gasteiger partial charge in [0.25, 0.3) is 0 Å². The van der Waals surface area contributed by atoms with Crippen LogP contribution in [-0.4, -0.2) is 54.4 Å². The highest BCUT2D eigenvalue weighted by molar-refractivity contribution is 7.22. The molecule has 1 aromatic heterocycles. The van der Waals surface area contributed by atoms with Gasteiger partial charge in [0.05, 0.1) is 10.6 Å². The van der Waals surface area contributed by atoms with Crippen LogP contribution in [0.3, 0.4) is 0 Å². The number of hydrogen-bond acceptors (Lipinski definition) is 5. The van der Waals surface area contributed by atoms with Crippen LogP contribution in [-0.2, 0) is 11.3 Å². The molecule has 0 aliphatic carbocycles. The van der Waals surface area contributed by atoms with Crippen molar-refractivity contribution < 1.29 is 13.6 Å². The Morgan fingerprint density at radius 3 is 2.90 bits per heavy atom. The summed E-state index contributed by atoms with van der Waals surface area (Å²) in [6.45, 7) is 3.17. The summed E-state index contributed by atoms with van der Waals surface area (Å²) < 4.78 is 27.7. The quantitative estimate of drug-likeness (QED) is 0.690. The van der Waals surface area contributed by atoms with Gasteiger partial charge in [-0.1, -0.05) is 35.6 Å². The second-order valence-electron chi connectivity index (χ2n) is 7.53. The highest BCUT2D eigenvalue weighted by atomic mass is 32.1. The van der Waals surface area contributed by atoms with Crippen molar-refractivity contribution in [3.8, 4) is 0 Å². The van der Waals surface area contributed by atoms with E-state index in [-0.39, 0.29) is 22.5 Å². The Morgan fingerprint density at radius 1 is 1.31 bits per heavy atom. The van der Waals surface area contributed by atoms with Gasteiger partial charge in [-0.25, -0.2) is 13.8 Å². The summed E-state index contributed by atoms with van der Waals surface area (Å²) in [4.78, 5) is 21.6. The summed E-state index contributed by atoms with van der Waals surface area (Å²) in [5.74, 6) is -1.92. The molecule has 0 fully saturated rings. The SMILES string of the molecule is CN(C)CCN1Cc2ccccc2C(C(=O)Nc2nc3c(F)cc(F)cc3s2)C1. The van der Waals surface area contributed by atoms with E-state index in [9.17, 15) is 13.6 Å². The van der Waals surface area contributed by atoms with Crippen LogP contribution in [0.5, 0.6) is 0 Å². The van der Waals surface area contributed by atoms with Crippen LogP contribution in [0.1, 0.15) is 17.0 Å². The third-order valence-corrected chi connectivity index (χ3v) is 6.01. The smallest absolute Gasteiger partial charge is 0.235 e. The molecule has 1 unspecified atom stereocenters. The number of benzene rings is 2. The zero-order chi connectivity index (χ0) is 20.5. The number of carbonyl (C=O) groups is 1. The summed E-state index contributed by atoms with van der Waals surface area (Å²) in [6, 6.07) is 9.97. The molecule has 152 valence electrons. The minimum atomic E-state index is -0.727. The van der Waals surface area contributed by atoms with E-state index in [0.29, 0.717) is 11.2 Å². The number of anilines is 1. The van der Waals surface area contributed by atoms with Crippen molar-refractivity contribution in [2.75, 3.05) is 39.0 Å². The molecule has 0 saturated heterocycles. The summed E-state index contributed by atoms with van der Waals surface area (Å²) in [6.07, 6.45) is 0. The van der Waals surface area contributed by atoms with Gasteiger partial charge < -0.3 is 10.2 Å². The first kappa shape index (κ1) is 19.9. The second-order valence-corrected chi connectivity index (χ2v) is 8.56. The van der Waals surface area contributed by atoms with Crippen molar-refractivity contribution in [3.05, 3.63) is 59.2 Å². The van der Waals surface area contributed by atoms with E-state index >= 15 is 0 Å². The number of halogens is 2. The lowest BCUT2D eigenvalue weighted by atomic mass is 9.89. The lowest BCUT2D eigenvalue weighted by Crippen LogP contribution is -2.41. The maximum atomic E-state index is 13.9. The third-order valence-electron chi connectivity index (χ3n) is 5.09. The molecule has 3 aromatic rings. The van der Waals surface area contributed by atoms with Crippen LogP contribution >= 0.6 is 11.3 Å². The van der Waals surface area contributed by atoms with Gasteiger partial charge in [0.2, 0.25) is 5.91 Å². The molecule has 0 bridgehead atoms. The Kier molecular flexibility index (Phi) is 5.58. The van der Waals surface area contributed by atoms with Gasteiger partial charge in [0, 0.05) is 32.2 Å². The first-order valence-electron chi connectivity index (χ1n) is 9.42. The number of carbonyl (C=O) groups excluding carboxylic acids is 1. The highest BCUT2D eigenvalue weighted by Crippen LogP contribution is 2.32. The fourth-order valence-electron chi connectivity index (χ4n) is 3.62. The maximum Gasteiger partial charge on any atom is 0.235 e. The average Bonchev–Trinajstić information content (AvgIpc) is 3.08. The van der Waals surface area contributed by atoms with Gasteiger partial charge in [0.15, 0.2) is 10.9 Å². The topological polar surface area (TPSA) is 48.5 Å². The lowest BCUT2D eigenvalue weighted by molar-refractivity contribution is -0.118. The number of fused-ring (bicyclic) bond motifs is 2. The van der Waals surface area contributed by atoms with Crippen LogP contribution in [0.25, 0.3) is 10.2 Å². The second kappa shape index (κ2) is 8.14. The molecule has 0 spiro atoms. The fourth-order valence-corrected chi connectivity index (χ4v) is 4.53. The molecule has 1 N–H and O–H groups in total. The van der Waals surface area contributed by atoms with Crippen molar-refractivity contribution in [1.29, 1.82) is 0 Å². The van der Waals surface area contributed by atoms with Gasteiger partial charge in [0.1, 0.15) is 11.3 Å². The van der Waals surface area contributed by atoms with E-state index in [4.69, 9.17) is 0 Å². The molecule has 29 heavy (non-hydrogen) atoms. The predicted molar refractivity (Wildman–Crippen MR) is 111 cm³/mol. The molecule has 2 aromatic carbocycles. The van der Waals surface area contributed by atoms with E-state index in [1.807, 2.05) is 38.4 Å². The number of nitrogens with zero attached hydrogens (tertiary/aromatic N) is 3. The first-order chi connectivity index (χ1) is 13.9. The van der Waals surface area contributed by atoms with Crippen molar-refractivity contribution in [2.45, 2.75) is 12.5 Å². The van der Waals surface area contributed by atoms with Crippen LogP contribution < -0.4 is 5.32 Å². The van der Waals surface area contributed by atoms with Crippen LogP contribution in [0.15, 0.2) is 36.4 Å². The molecule has 1 amide bonds. The fraction of sp³-hybridized carbons (Fsp3) is 0.333. The third kappa shape index (κ3) is 4.29. The van der Waals surface area contributed by atoms with Gasteiger partial charge in [-0.05, 0) is 31.3 Å². The van der Waals surface area contributed by atoms with Crippen molar-refractivity contribution in [1.82, 2.24) is 14.8 Å². The number of thiazole rings is 1. The van der Waals surface area contributed by atoms with Crippen molar-refractivity contribution in [3.63, 3.8) is 0 Å². The van der Waals surface area contributed by atoms with Gasteiger partial charge >= 0.3 is 0 Å². The molecule has 1 atom stereocenters. The summed E-state index contributed by atoms with van der Waals surface area (Å²) in [5.41, 5.74) is 2.21. The standard InChI is InChI=1S/C21H22F2N4OS/c1-26(2)7-8-27-11-13-5-3-4-6-15(13)16(12-27)20(28)25-21-24-19-17(23)9-14(22)10-18(19)29-21/h3-6,9-10,16H,7-8,11-12H2,1-2H3,(H,24,25,28). The molecular formula is C21H22F2N4OS. The van der Waals surface area contributed by atoms with Crippen LogP contribution in [0, 0.1) is 11.6 Å². The van der Waals surface area contributed by atoms with Crippen molar-refractivity contribution >= 4 is 32.6 Å².